The van der Waals surface area contributed by atoms with Crippen molar-refractivity contribution in [1.82, 2.24) is 10.2 Å². The van der Waals surface area contributed by atoms with Crippen LogP contribution in [0.3, 0.4) is 0 Å². The minimum absolute atomic E-state index is 0.348. The molecule has 0 aromatic heterocycles. The topological polar surface area (TPSA) is 35.5 Å². The Kier molecular flexibility index (Phi) is 8.64. The van der Waals surface area contributed by atoms with Crippen LogP contribution in [0.1, 0.15) is 52.4 Å². The molecule has 0 aromatic rings. The van der Waals surface area contributed by atoms with Crippen molar-refractivity contribution in [2.24, 2.45) is 5.92 Å². The van der Waals surface area contributed by atoms with Gasteiger partial charge in [-0.2, -0.15) is 0 Å². The Balaban J connectivity index is 2.18. The molecule has 1 saturated heterocycles. The first-order valence-electron chi connectivity index (χ1n) is 7.84. The van der Waals surface area contributed by atoms with Crippen LogP contribution in [0.15, 0.2) is 0 Å². The van der Waals surface area contributed by atoms with E-state index in [0.29, 0.717) is 12.6 Å². The smallest absolute Gasteiger partial charge is 0.0431 e. The molecule has 2 atom stereocenters. The fraction of sp³-hybridized carbons (Fsp3) is 1.00. The number of hydrogen-bond donors (Lipinski definition) is 2. The molecule has 0 radical (unpaired) electrons. The Morgan fingerprint density at radius 1 is 1.33 bits per heavy atom. The van der Waals surface area contributed by atoms with Crippen molar-refractivity contribution in [1.29, 1.82) is 0 Å². The third kappa shape index (κ3) is 6.17. The second-order valence-corrected chi connectivity index (χ2v) is 5.73. The Morgan fingerprint density at radius 3 is 2.89 bits per heavy atom. The second-order valence-electron chi connectivity index (χ2n) is 5.73. The van der Waals surface area contributed by atoms with Gasteiger partial charge >= 0.3 is 0 Å². The summed E-state index contributed by atoms with van der Waals surface area (Å²) in [7, 11) is 0. The summed E-state index contributed by atoms with van der Waals surface area (Å²) in [4.78, 5) is 2.62. The Bertz CT molecular complexity index is 199. The molecule has 0 saturated carbocycles. The maximum absolute atomic E-state index is 8.78. The van der Waals surface area contributed by atoms with Gasteiger partial charge in [0.2, 0.25) is 0 Å². The highest BCUT2D eigenvalue weighted by Crippen LogP contribution is 2.20. The van der Waals surface area contributed by atoms with Crippen LogP contribution in [-0.2, 0) is 0 Å². The van der Waals surface area contributed by atoms with Crippen LogP contribution in [-0.4, -0.2) is 48.8 Å². The molecule has 2 N–H and O–H groups in total. The van der Waals surface area contributed by atoms with Crippen LogP contribution in [0, 0.1) is 5.92 Å². The molecule has 108 valence electrons. The first-order chi connectivity index (χ1) is 8.77. The van der Waals surface area contributed by atoms with Crippen molar-refractivity contribution < 1.29 is 5.11 Å². The quantitative estimate of drug-likeness (QED) is 0.621. The lowest BCUT2D eigenvalue weighted by Crippen LogP contribution is -2.44. The summed E-state index contributed by atoms with van der Waals surface area (Å²) in [5.41, 5.74) is 0. The third-order valence-corrected chi connectivity index (χ3v) is 4.10. The molecule has 0 bridgehead atoms. The van der Waals surface area contributed by atoms with E-state index in [1.807, 2.05) is 0 Å². The average molecular weight is 256 g/mol. The molecule has 0 spiro atoms. The number of piperidine rings is 1. The van der Waals surface area contributed by atoms with Crippen LogP contribution in [0.25, 0.3) is 0 Å². The number of unbranched alkanes of at least 4 members (excludes halogenated alkanes) is 2. The molecule has 0 aliphatic carbocycles. The van der Waals surface area contributed by atoms with Crippen molar-refractivity contribution in [3.63, 3.8) is 0 Å². The zero-order valence-electron chi connectivity index (χ0n) is 12.3. The predicted octanol–water partition coefficient (Wildman–Crippen LogP) is 2.25. The molecular weight excluding hydrogens is 224 g/mol. The van der Waals surface area contributed by atoms with Gasteiger partial charge in [0.15, 0.2) is 0 Å². The molecule has 0 amide bonds. The van der Waals surface area contributed by atoms with E-state index in [1.165, 1.54) is 51.7 Å². The SMILES string of the molecule is CCCNC(C)C1CCCN(CCCCCO)C1. The molecule has 1 aliphatic rings. The Morgan fingerprint density at radius 2 is 2.17 bits per heavy atom. The molecule has 1 rings (SSSR count). The van der Waals surface area contributed by atoms with Gasteiger partial charge in [-0.3, -0.25) is 0 Å². The van der Waals surface area contributed by atoms with Crippen LogP contribution < -0.4 is 5.32 Å². The zero-order valence-corrected chi connectivity index (χ0v) is 12.3. The van der Waals surface area contributed by atoms with E-state index in [4.69, 9.17) is 5.11 Å². The minimum atomic E-state index is 0.348. The van der Waals surface area contributed by atoms with Crippen LogP contribution in [0.5, 0.6) is 0 Å². The highest BCUT2D eigenvalue weighted by atomic mass is 16.2. The number of aliphatic hydroxyl groups is 1. The molecule has 1 heterocycles. The zero-order chi connectivity index (χ0) is 13.2. The van der Waals surface area contributed by atoms with Crippen molar-refractivity contribution >= 4 is 0 Å². The van der Waals surface area contributed by atoms with Crippen molar-refractivity contribution in [3.05, 3.63) is 0 Å². The molecule has 3 nitrogen and oxygen atoms in total. The van der Waals surface area contributed by atoms with E-state index < -0.39 is 0 Å². The van der Waals surface area contributed by atoms with Crippen LogP contribution in [0.2, 0.25) is 0 Å². The molecular formula is C15H32N2O. The highest BCUT2D eigenvalue weighted by molar-refractivity contribution is 4.80. The lowest BCUT2D eigenvalue weighted by Gasteiger charge is -2.36. The molecule has 2 unspecified atom stereocenters. The van der Waals surface area contributed by atoms with Crippen molar-refractivity contribution in [3.8, 4) is 0 Å². The van der Waals surface area contributed by atoms with Crippen molar-refractivity contribution in [2.75, 3.05) is 32.8 Å². The maximum Gasteiger partial charge on any atom is 0.0431 e. The third-order valence-electron chi connectivity index (χ3n) is 4.10. The summed E-state index contributed by atoms with van der Waals surface area (Å²) in [6.07, 6.45) is 7.33. The van der Waals surface area contributed by atoms with E-state index in [0.717, 1.165) is 18.9 Å². The lowest BCUT2D eigenvalue weighted by atomic mass is 9.91. The van der Waals surface area contributed by atoms with Gasteiger partial charge in [-0.25, -0.2) is 0 Å². The highest BCUT2D eigenvalue weighted by Gasteiger charge is 2.23. The fourth-order valence-electron chi connectivity index (χ4n) is 2.87. The minimum Gasteiger partial charge on any atom is -0.396 e. The average Bonchev–Trinajstić information content (AvgIpc) is 2.41. The van der Waals surface area contributed by atoms with E-state index in [1.54, 1.807) is 0 Å². The van der Waals surface area contributed by atoms with Gasteiger partial charge in [0.05, 0.1) is 0 Å². The summed E-state index contributed by atoms with van der Waals surface area (Å²) < 4.78 is 0. The summed E-state index contributed by atoms with van der Waals surface area (Å²) in [5, 5.41) is 12.4. The van der Waals surface area contributed by atoms with E-state index in [-0.39, 0.29) is 0 Å². The lowest BCUT2D eigenvalue weighted by molar-refractivity contribution is 0.147. The van der Waals surface area contributed by atoms with Gasteiger partial charge in [-0.1, -0.05) is 6.92 Å². The summed E-state index contributed by atoms with van der Waals surface area (Å²) >= 11 is 0. The first kappa shape index (κ1) is 15.9. The second kappa shape index (κ2) is 9.76. The van der Waals surface area contributed by atoms with Gasteiger partial charge in [0.25, 0.3) is 0 Å². The number of nitrogens with one attached hydrogen (secondary N) is 1. The predicted molar refractivity (Wildman–Crippen MR) is 77.9 cm³/mol. The summed E-state index contributed by atoms with van der Waals surface area (Å²) in [5.74, 6) is 0.822. The molecule has 0 aromatic carbocycles. The maximum atomic E-state index is 8.78. The largest absolute Gasteiger partial charge is 0.396 e. The molecule has 3 heteroatoms. The van der Waals surface area contributed by atoms with Crippen molar-refractivity contribution in [2.45, 2.75) is 58.4 Å². The number of likely N-dealkylation sites (tertiary alicyclic amines) is 1. The van der Waals surface area contributed by atoms with Crippen LogP contribution in [0.4, 0.5) is 0 Å². The Hall–Kier alpha value is -0.120. The molecule has 1 aliphatic heterocycles. The number of aliphatic hydroxyl groups excluding tert-OH is 1. The summed E-state index contributed by atoms with van der Waals surface area (Å²) in [6.45, 7) is 9.82. The number of rotatable bonds is 9. The number of hydrogen-bond acceptors (Lipinski definition) is 3. The standard InChI is InChI=1S/C15H32N2O/c1-3-9-16-14(2)15-8-7-11-17(13-15)10-5-4-6-12-18/h14-16,18H,3-13H2,1-2H3. The van der Waals surface area contributed by atoms with E-state index >= 15 is 0 Å². The van der Waals surface area contributed by atoms with Gasteiger partial charge in [0.1, 0.15) is 0 Å². The fourth-order valence-corrected chi connectivity index (χ4v) is 2.87. The number of nitrogens with zero attached hydrogens (tertiary/aromatic N) is 1. The molecule has 18 heavy (non-hydrogen) atoms. The first-order valence-corrected chi connectivity index (χ1v) is 7.84. The van der Waals surface area contributed by atoms with Gasteiger partial charge in [-0.05, 0) is 71.0 Å². The molecule has 1 fully saturated rings. The van der Waals surface area contributed by atoms with E-state index in [2.05, 4.69) is 24.1 Å². The van der Waals surface area contributed by atoms with Crippen LogP contribution >= 0.6 is 0 Å². The Labute approximate surface area is 113 Å². The summed E-state index contributed by atoms with van der Waals surface area (Å²) in [6, 6.07) is 0.658. The van der Waals surface area contributed by atoms with E-state index in [9.17, 15) is 0 Å². The van der Waals surface area contributed by atoms with Gasteiger partial charge in [0, 0.05) is 19.2 Å². The monoisotopic (exact) mass is 256 g/mol. The van der Waals surface area contributed by atoms with Gasteiger partial charge in [-0.15, -0.1) is 0 Å². The normalized spacial score (nSPS) is 23.2. The van der Waals surface area contributed by atoms with Gasteiger partial charge < -0.3 is 15.3 Å².